The fraction of sp³-hybridized carbons (Fsp3) is 0.300. The molecular formula is C10H14N2O3. The summed E-state index contributed by atoms with van der Waals surface area (Å²) < 4.78 is 0. The number of rotatable bonds is 4. The zero-order valence-electron chi connectivity index (χ0n) is 8.43. The molecule has 0 saturated heterocycles. The van der Waals surface area contributed by atoms with Gasteiger partial charge >= 0.3 is 0 Å². The Kier molecular flexibility index (Phi) is 4.08. The lowest BCUT2D eigenvalue weighted by molar-refractivity contribution is -0.123. The molecule has 0 heterocycles. The zero-order chi connectivity index (χ0) is 11.3. The van der Waals surface area contributed by atoms with Gasteiger partial charge in [0.25, 0.3) is 0 Å². The van der Waals surface area contributed by atoms with E-state index in [1.807, 2.05) is 0 Å². The number of carbonyl (C=O) groups is 1. The average Bonchev–Trinajstić information content (AvgIpc) is 2.27. The third kappa shape index (κ3) is 3.23. The minimum absolute atomic E-state index is 0.151. The number of phenols is 1. The summed E-state index contributed by atoms with van der Waals surface area (Å²) in [7, 11) is 1.55. The van der Waals surface area contributed by atoms with Crippen LogP contribution in [0.4, 0.5) is 0 Å². The van der Waals surface area contributed by atoms with Crippen LogP contribution in [-0.4, -0.2) is 18.1 Å². The number of nitrogens with one attached hydrogen (secondary N) is 1. The molecular weight excluding hydrogens is 196 g/mol. The van der Waals surface area contributed by atoms with E-state index in [1.165, 1.54) is 12.1 Å². The number of amides is 1. The smallest absolute Gasteiger partial charge is 0.222 e. The molecule has 5 heteroatoms. The van der Waals surface area contributed by atoms with Crippen molar-refractivity contribution in [1.29, 1.82) is 0 Å². The molecule has 1 aromatic carbocycles. The summed E-state index contributed by atoms with van der Waals surface area (Å²) in [6.07, 6.45) is -0.344. The topological polar surface area (TPSA) is 84.6 Å². The van der Waals surface area contributed by atoms with Crippen LogP contribution in [0.2, 0.25) is 0 Å². The van der Waals surface area contributed by atoms with Crippen molar-refractivity contribution >= 4 is 5.91 Å². The molecule has 1 aromatic rings. The van der Waals surface area contributed by atoms with Gasteiger partial charge in [0, 0.05) is 7.05 Å². The van der Waals surface area contributed by atoms with Gasteiger partial charge in [0.05, 0.1) is 6.42 Å². The second-order valence-corrected chi connectivity index (χ2v) is 3.09. The molecule has 0 radical (unpaired) electrons. The van der Waals surface area contributed by atoms with Crippen molar-refractivity contribution in [3.8, 4) is 5.75 Å². The number of carbonyl (C=O) groups excluding carboxylic acids is 1. The maximum absolute atomic E-state index is 11.1. The van der Waals surface area contributed by atoms with E-state index in [9.17, 15) is 4.79 Å². The average molecular weight is 210 g/mol. The molecule has 0 aromatic heterocycles. The van der Waals surface area contributed by atoms with E-state index in [-0.39, 0.29) is 18.1 Å². The van der Waals surface area contributed by atoms with Crippen molar-refractivity contribution in [3.05, 3.63) is 29.8 Å². The summed E-state index contributed by atoms with van der Waals surface area (Å²) >= 11 is 0. The van der Waals surface area contributed by atoms with Crippen LogP contribution in [0.25, 0.3) is 0 Å². The van der Waals surface area contributed by atoms with Crippen LogP contribution >= 0.6 is 0 Å². The molecule has 82 valence electrons. The summed E-state index contributed by atoms with van der Waals surface area (Å²) in [5.41, 5.74) is 0.749. The highest BCUT2D eigenvalue weighted by Crippen LogP contribution is 2.21. The molecule has 5 nitrogen and oxygen atoms in total. The number of phenolic OH excluding ortho intramolecular Hbond substituents is 1. The van der Waals surface area contributed by atoms with Gasteiger partial charge < -0.3 is 10.4 Å². The van der Waals surface area contributed by atoms with E-state index in [4.69, 9.17) is 15.8 Å². The number of hydrogen-bond acceptors (Lipinski definition) is 4. The molecule has 0 fully saturated rings. The van der Waals surface area contributed by atoms with Crippen LogP contribution in [-0.2, 0) is 9.63 Å². The lowest BCUT2D eigenvalue weighted by atomic mass is 10.1. The van der Waals surface area contributed by atoms with E-state index in [1.54, 1.807) is 19.2 Å². The van der Waals surface area contributed by atoms with Crippen LogP contribution in [0.15, 0.2) is 24.3 Å². The Balaban J connectivity index is 2.74. The minimum Gasteiger partial charge on any atom is -0.508 e. The first-order chi connectivity index (χ1) is 7.17. The Morgan fingerprint density at radius 3 is 2.60 bits per heavy atom. The lowest BCUT2D eigenvalue weighted by Gasteiger charge is -2.13. The third-order valence-corrected chi connectivity index (χ3v) is 2.08. The Morgan fingerprint density at radius 2 is 2.13 bits per heavy atom. The fourth-order valence-corrected chi connectivity index (χ4v) is 1.20. The van der Waals surface area contributed by atoms with Gasteiger partial charge in [-0.3, -0.25) is 9.63 Å². The molecule has 0 bridgehead atoms. The maximum Gasteiger partial charge on any atom is 0.222 e. The quantitative estimate of drug-likeness (QED) is 0.630. The van der Waals surface area contributed by atoms with Crippen LogP contribution in [0.5, 0.6) is 5.75 Å². The van der Waals surface area contributed by atoms with Gasteiger partial charge in [-0.05, 0) is 17.7 Å². The number of benzene rings is 1. The van der Waals surface area contributed by atoms with E-state index in [2.05, 4.69) is 5.32 Å². The fourth-order valence-electron chi connectivity index (χ4n) is 1.20. The standard InChI is InChI=1S/C10H14N2O3/c1-12-10(14)6-9(15-11)7-2-4-8(13)5-3-7/h2-5,9,13H,6,11H2,1H3,(H,12,14). The first kappa shape index (κ1) is 11.5. The Labute approximate surface area is 87.8 Å². The first-order valence-electron chi connectivity index (χ1n) is 4.52. The number of aromatic hydroxyl groups is 1. The Morgan fingerprint density at radius 1 is 1.53 bits per heavy atom. The Hall–Kier alpha value is -1.59. The van der Waals surface area contributed by atoms with E-state index in [0.717, 1.165) is 5.56 Å². The van der Waals surface area contributed by atoms with Gasteiger partial charge in [0.2, 0.25) is 5.91 Å². The number of nitrogens with two attached hydrogens (primary N) is 1. The largest absolute Gasteiger partial charge is 0.508 e. The second kappa shape index (κ2) is 5.33. The summed E-state index contributed by atoms with van der Waals surface area (Å²) in [4.78, 5) is 15.8. The molecule has 15 heavy (non-hydrogen) atoms. The summed E-state index contributed by atoms with van der Waals surface area (Å²) in [5.74, 6) is 5.11. The van der Waals surface area contributed by atoms with Crippen molar-refractivity contribution in [2.45, 2.75) is 12.5 Å². The SMILES string of the molecule is CNC(=O)CC(ON)c1ccc(O)cc1. The van der Waals surface area contributed by atoms with Gasteiger partial charge in [-0.1, -0.05) is 12.1 Å². The van der Waals surface area contributed by atoms with Crippen molar-refractivity contribution in [3.63, 3.8) is 0 Å². The van der Waals surface area contributed by atoms with Gasteiger partial charge in [-0.15, -0.1) is 0 Å². The first-order valence-corrected chi connectivity index (χ1v) is 4.52. The highest BCUT2D eigenvalue weighted by atomic mass is 16.6. The van der Waals surface area contributed by atoms with Gasteiger partial charge in [-0.2, -0.15) is 0 Å². The van der Waals surface area contributed by atoms with Crippen LogP contribution in [0.3, 0.4) is 0 Å². The highest BCUT2D eigenvalue weighted by Gasteiger charge is 2.14. The number of hydrogen-bond donors (Lipinski definition) is 3. The van der Waals surface area contributed by atoms with Crippen LogP contribution in [0.1, 0.15) is 18.1 Å². The van der Waals surface area contributed by atoms with E-state index in [0.29, 0.717) is 0 Å². The summed E-state index contributed by atoms with van der Waals surface area (Å²) in [5, 5.41) is 11.6. The summed E-state index contributed by atoms with van der Waals surface area (Å²) in [6, 6.07) is 6.36. The molecule has 0 saturated carbocycles. The third-order valence-electron chi connectivity index (χ3n) is 2.08. The molecule has 1 atom stereocenters. The zero-order valence-corrected chi connectivity index (χ0v) is 8.43. The molecule has 0 spiro atoms. The van der Waals surface area contributed by atoms with Crippen LogP contribution < -0.4 is 11.2 Å². The lowest BCUT2D eigenvalue weighted by Crippen LogP contribution is -2.22. The predicted octanol–water partition coefficient (Wildman–Crippen LogP) is 0.460. The van der Waals surface area contributed by atoms with E-state index < -0.39 is 6.10 Å². The molecule has 1 rings (SSSR count). The van der Waals surface area contributed by atoms with Crippen molar-refractivity contribution in [2.24, 2.45) is 5.90 Å². The highest BCUT2D eigenvalue weighted by molar-refractivity contribution is 5.76. The van der Waals surface area contributed by atoms with Gasteiger partial charge in [0.15, 0.2) is 0 Å². The predicted molar refractivity (Wildman–Crippen MR) is 54.8 cm³/mol. The van der Waals surface area contributed by atoms with Crippen molar-refractivity contribution in [1.82, 2.24) is 5.32 Å². The molecule has 1 unspecified atom stereocenters. The maximum atomic E-state index is 11.1. The molecule has 0 aliphatic carbocycles. The normalized spacial score (nSPS) is 12.1. The monoisotopic (exact) mass is 210 g/mol. The minimum atomic E-state index is -0.495. The van der Waals surface area contributed by atoms with Gasteiger partial charge in [-0.25, -0.2) is 5.90 Å². The van der Waals surface area contributed by atoms with Gasteiger partial charge in [0.1, 0.15) is 11.9 Å². The summed E-state index contributed by atoms with van der Waals surface area (Å²) in [6.45, 7) is 0. The van der Waals surface area contributed by atoms with Crippen molar-refractivity contribution in [2.75, 3.05) is 7.05 Å². The molecule has 0 aliphatic heterocycles. The van der Waals surface area contributed by atoms with Crippen molar-refractivity contribution < 1.29 is 14.7 Å². The molecule has 4 N–H and O–H groups in total. The molecule has 0 aliphatic rings. The molecule has 1 amide bonds. The van der Waals surface area contributed by atoms with E-state index >= 15 is 0 Å². The second-order valence-electron chi connectivity index (χ2n) is 3.09. The van der Waals surface area contributed by atoms with Crippen LogP contribution in [0, 0.1) is 0 Å². The Bertz CT molecular complexity index is 324.